The maximum Gasteiger partial charge on any atom is 1.00 e. The van der Waals surface area contributed by atoms with Crippen LogP contribution in [0.25, 0.3) is 5.32 Å². The van der Waals surface area contributed by atoms with Crippen molar-refractivity contribution in [2.45, 2.75) is 0 Å². The van der Waals surface area contributed by atoms with Crippen LogP contribution in [0.15, 0.2) is 0 Å². The van der Waals surface area contributed by atoms with Gasteiger partial charge in [0.1, 0.15) is 0 Å². The number of rotatable bonds is 6. The minimum Gasteiger partial charge on any atom is -0.664 e. The zero-order valence-electron chi connectivity index (χ0n) is 9.17. The van der Waals surface area contributed by atoms with Crippen molar-refractivity contribution in [3.63, 3.8) is 0 Å². The van der Waals surface area contributed by atoms with Gasteiger partial charge >= 0.3 is 18.9 Å². The molecule has 0 aromatic rings. The fourth-order valence-corrected chi connectivity index (χ4v) is 0.753. The molecule has 0 spiro atoms. The second-order valence-corrected chi connectivity index (χ2v) is 3.15. The first-order valence-electron chi connectivity index (χ1n) is 4.05. The SMILES string of the molecule is C[N-]CCN(C)CCN(C)C.[Li+]. The van der Waals surface area contributed by atoms with Gasteiger partial charge in [-0.2, -0.15) is 7.05 Å². The molecule has 0 N–H and O–H groups in total. The Morgan fingerprint density at radius 1 is 1.00 bits per heavy atom. The summed E-state index contributed by atoms with van der Waals surface area (Å²) in [7, 11) is 8.19. The second kappa shape index (κ2) is 9.56. The van der Waals surface area contributed by atoms with Gasteiger partial charge in [-0.3, -0.25) is 0 Å². The first-order chi connectivity index (χ1) is 5.16. The van der Waals surface area contributed by atoms with Gasteiger partial charge in [0.05, 0.1) is 0 Å². The Morgan fingerprint density at radius 2 is 1.58 bits per heavy atom. The zero-order valence-corrected chi connectivity index (χ0v) is 9.17. The Hall–Kier alpha value is 0.477. The molecule has 68 valence electrons. The summed E-state index contributed by atoms with van der Waals surface area (Å²) in [6.07, 6.45) is 0. The van der Waals surface area contributed by atoms with E-state index in [0.29, 0.717) is 0 Å². The molecule has 12 heavy (non-hydrogen) atoms. The molecule has 4 heteroatoms. The average Bonchev–Trinajstić information content (AvgIpc) is 1.97. The van der Waals surface area contributed by atoms with Gasteiger partial charge in [0.25, 0.3) is 0 Å². The van der Waals surface area contributed by atoms with Crippen LogP contribution in [0.5, 0.6) is 0 Å². The van der Waals surface area contributed by atoms with Crippen molar-refractivity contribution in [2.75, 3.05) is 54.4 Å². The van der Waals surface area contributed by atoms with Gasteiger partial charge in [-0.1, -0.05) is 0 Å². The quantitative estimate of drug-likeness (QED) is 0.405. The molecule has 0 heterocycles. The molecule has 0 bridgehead atoms. The number of likely N-dealkylation sites (N-methyl/N-ethyl adjacent to an activating group) is 3. The molecular formula is C8H20LiN3. The summed E-state index contributed by atoms with van der Waals surface area (Å²) in [6.45, 7) is 4.27. The Labute approximate surface area is 88.7 Å². The van der Waals surface area contributed by atoms with Crippen LogP contribution in [0.4, 0.5) is 0 Å². The van der Waals surface area contributed by atoms with Crippen LogP contribution in [0.3, 0.4) is 0 Å². The van der Waals surface area contributed by atoms with E-state index in [2.05, 4.69) is 36.3 Å². The van der Waals surface area contributed by atoms with Crippen LogP contribution in [-0.2, 0) is 0 Å². The summed E-state index contributed by atoms with van der Waals surface area (Å²) in [4.78, 5) is 4.49. The number of hydrogen-bond acceptors (Lipinski definition) is 2. The van der Waals surface area contributed by atoms with Gasteiger partial charge in [0, 0.05) is 13.1 Å². The monoisotopic (exact) mass is 165 g/mol. The molecule has 0 rings (SSSR count). The van der Waals surface area contributed by atoms with E-state index in [4.69, 9.17) is 0 Å². The van der Waals surface area contributed by atoms with Crippen LogP contribution in [-0.4, -0.2) is 64.2 Å². The van der Waals surface area contributed by atoms with Crippen LogP contribution < -0.4 is 18.9 Å². The molecule has 0 saturated heterocycles. The normalized spacial score (nSPS) is 10.5. The zero-order chi connectivity index (χ0) is 8.69. The van der Waals surface area contributed by atoms with Gasteiger partial charge in [0.2, 0.25) is 0 Å². The smallest absolute Gasteiger partial charge is 0.664 e. The summed E-state index contributed by atoms with van der Waals surface area (Å²) in [5, 5.41) is 4.05. The molecule has 0 aliphatic heterocycles. The van der Waals surface area contributed by atoms with Gasteiger partial charge in [-0.15, -0.1) is 6.54 Å². The van der Waals surface area contributed by atoms with Crippen molar-refractivity contribution in [1.82, 2.24) is 9.80 Å². The summed E-state index contributed by atoms with van der Waals surface area (Å²) >= 11 is 0. The summed E-state index contributed by atoms with van der Waals surface area (Å²) < 4.78 is 0. The maximum atomic E-state index is 4.05. The molecule has 0 amide bonds. The first kappa shape index (κ1) is 15.0. The molecule has 0 aromatic carbocycles. The maximum absolute atomic E-state index is 4.05. The summed E-state index contributed by atoms with van der Waals surface area (Å²) in [5.74, 6) is 0. The van der Waals surface area contributed by atoms with E-state index in [0.717, 1.165) is 26.2 Å². The topological polar surface area (TPSA) is 20.6 Å². The molecule has 0 unspecified atom stereocenters. The van der Waals surface area contributed by atoms with Crippen molar-refractivity contribution in [3.8, 4) is 0 Å². The van der Waals surface area contributed by atoms with Crippen molar-refractivity contribution in [1.29, 1.82) is 0 Å². The summed E-state index contributed by atoms with van der Waals surface area (Å²) in [5.41, 5.74) is 0. The van der Waals surface area contributed by atoms with Gasteiger partial charge < -0.3 is 15.1 Å². The van der Waals surface area contributed by atoms with E-state index >= 15 is 0 Å². The molecule has 0 aliphatic rings. The van der Waals surface area contributed by atoms with Crippen molar-refractivity contribution < 1.29 is 18.9 Å². The molecule has 0 aliphatic carbocycles. The van der Waals surface area contributed by atoms with E-state index in [1.807, 2.05) is 7.05 Å². The van der Waals surface area contributed by atoms with E-state index < -0.39 is 0 Å². The van der Waals surface area contributed by atoms with Crippen molar-refractivity contribution >= 4 is 0 Å². The average molecular weight is 165 g/mol. The Balaban J connectivity index is 0. The van der Waals surface area contributed by atoms with E-state index in [1.165, 1.54) is 0 Å². The van der Waals surface area contributed by atoms with Crippen molar-refractivity contribution in [2.24, 2.45) is 0 Å². The van der Waals surface area contributed by atoms with Crippen LogP contribution in [0.1, 0.15) is 0 Å². The standard InChI is InChI=1S/C8H20N3.Li/c1-9-5-6-11(4)8-7-10(2)3;/h5-8H2,1-4H3;/q-1;+1. The second-order valence-electron chi connectivity index (χ2n) is 3.15. The minimum atomic E-state index is 0. The Bertz CT molecular complexity index is 88.4. The number of nitrogens with zero attached hydrogens (tertiary/aromatic N) is 3. The van der Waals surface area contributed by atoms with Crippen molar-refractivity contribution in [3.05, 3.63) is 5.32 Å². The Kier molecular flexibility index (Phi) is 11.9. The molecule has 0 radical (unpaired) electrons. The van der Waals surface area contributed by atoms with Gasteiger partial charge in [0.15, 0.2) is 0 Å². The predicted octanol–water partition coefficient (Wildman–Crippen LogP) is -2.51. The third-order valence-corrected chi connectivity index (χ3v) is 1.63. The number of hydrogen-bond donors (Lipinski definition) is 0. The molecular weight excluding hydrogens is 145 g/mol. The van der Waals surface area contributed by atoms with E-state index in [9.17, 15) is 0 Å². The van der Waals surface area contributed by atoms with Gasteiger partial charge in [-0.25, -0.2) is 0 Å². The molecule has 0 fully saturated rings. The summed E-state index contributed by atoms with van der Waals surface area (Å²) in [6, 6.07) is 0. The van der Waals surface area contributed by atoms with E-state index in [1.54, 1.807) is 0 Å². The molecule has 3 nitrogen and oxygen atoms in total. The van der Waals surface area contributed by atoms with Crippen LogP contribution in [0, 0.1) is 0 Å². The molecule has 0 aromatic heterocycles. The minimum absolute atomic E-state index is 0. The van der Waals surface area contributed by atoms with Gasteiger partial charge in [-0.05, 0) is 27.7 Å². The van der Waals surface area contributed by atoms with E-state index in [-0.39, 0.29) is 18.9 Å². The van der Waals surface area contributed by atoms with Crippen LogP contribution in [0.2, 0.25) is 0 Å². The third kappa shape index (κ3) is 10.5. The fourth-order valence-electron chi connectivity index (χ4n) is 0.753. The predicted molar refractivity (Wildman–Crippen MR) is 50.2 cm³/mol. The van der Waals surface area contributed by atoms with Crippen LogP contribution >= 0.6 is 0 Å². The first-order valence-corrected chi connectivity index (χ1v) is 4.05. The molecule has 0 atom stereocenters. The largest absolute Gasteiger partial charge is 1.00 e. The Morgan fingerprint density at radius 3 is 2.00 bits per heavy atom. The third-order valence-electron chi connectivity index (χ3n) is 1.63. The fraction of sp³-hybridized carbons (Fsp3) is 1.00. The molecule has 0 saturated carbocycles.